The Labute approximate surface area is 77.8 Å². The molecule has 1 nitrogen and oxygen atoms in total. The largest absolute Gasteiger partial charge is 0.310 e. The standard InChI is InChI=1S/C10H15NS/c1-3-8-10-7(2)6-12-9(10)4-5-11-8/h6,8,11H,3-5H2,1-2H3. The first-order chi connectivity index (χ1) is 5.83. The molecule has 0 saturated heterocycles. The van der Waals surface area contributed by atoms with E-state index in [1.54, 1.807) is 10.4 Å². The van der Waals surface area contributed by atoms with Gasteiger partial charge < -0.3 is 5.32 Å². The van der Waals surface area contributed by atoms with E-state index in [-0.39, 0.29) is 0 Å². The third-order valence-corrected chi connectivity index (χ3v) is 3.78. The van der Waals surface area contributed by atoms with E-state index in [0.29, 0.717) is 6.04 Å². The second-order valence-corrected chi connectivity index (χ2v) is 4.38. The zero-order chi connectivity index (χ0) is 8.55. The summed E-state index contributed by atoms with van der Waals surface area (Å²) < 4.78 is 0. The second-order valence-electron chi connectivity index (χ2n) is 3.42. The summed E-state index contributed by atoms with van der Waals surface area (Å²) in [6, 6.07) is 0.625. The van der Waals surface area contributed by atoms with Gasteiger partial charge in [0.05, 0.1) is 0 Å². The third kappa shape index (κ3) is 1.19. The van der Waals surface area contributed by atoms with Crippen LogP contribution in [0.25, 0.3) is 0 Å². The van der Waals surface area contributed by atoms with Gasteiger partial charge in [0, 0.05) is 17.5 Å². The van der Waals surface area contributed by atoms with Crippen LogP contribution < -0.4 is 5.32 Å². The molecular weight excluding hydrogens is 166 g/mol. The lowest BCUT2D eigenvalue weighted by Crippen LogP contribution is -2.28. The van der Waals surface area contributed by atoms with E-state index in [9.17, 15) is 0 Å². The highest BCUT2D eigenvalue weighted by molar-refractivity contribution is 7.10. The minimum absolute atomic E-state index is 0.625. The predicted octanol–water partition coefficient (Wildman–Crippen LogP) is 2.65. The molecule has 2 heterocycles. The summed E-state index contributed by atoms with van der Waals surface area (Å²) in [5, 5.41) is 5.85. The van der Waals surface area contributed by atoms with Gasteiger partial charge in [0.15, 0.2) is 0 Å². The summed E-state index contributed by atoms with van der Waals surface area (Å²) in [6.07, 6.45) is 2.44. The Bertz CT molecular complexity index is 277. The van der Waals surface area contributed by atoms with Crippen molar-refractivity contribution < 1.29 is 0 Å². The van der Waals surface area contributed by atoms with Crippen LogP contribution in [0.5, 0.6) is 0 Å². The van der Waals surface area contributed by atoms with Crippen LogP contribution in [0.4, 0.5) is 0 Å². The van der Waals surface area contributed by atoms with E-state index in [1.165, 1.54) is 18.4 Å². The van der Waals surface area contributed by atoms with Crippen molar-refractivity contribution in [2.75, 3.05) is 6.54 Å². The summed E-state index contributed by atoms with van der Waals surface area (Å²) in [4.78, 5) is 1.61. The van der Waals surface area contributed by atoms with Crippen molar-refractivity contribution in [3.8, 4) is 0 Å². The lowest BCUT2D eigenvalue weighted by molar-refractivity contribution is 0.495. The summed E-state index contributed by atoms with van der Waals surface area (Å²) in [7, 11) is 0. The Balaban J connectivity index is 2.41. The maximum Gasteiger partial charge on any atom is 0.0331 e. The average Bonchev–Trinajstić information content (AvgIpc) is 2.48. The van der Waals surface area contributed by atoms with Crippen LogP contribution in [-0.2, 0) is 6.42 Å². The maximum atomic E-state index is 3.56. The van der Waals surface area contributed by atoms with Crippen LogP contribution in [0, 0.1) is 6.92 Å². The molecule has 1 aliphatic heterocycles. The molecule has 12 heavy (non-hydrogen) atoms. The number of rotatable bonds is 1. The van der Waals surface area contributed by atoms with Crippen molar-refractivity contribution in [3.05, 3.63) is 21.4 Å². The van der Waals surface area contributed by atoms with Crippen molar-refractivity contribution in [2.24, 2.45) is 0 Å². The summed E-state index contributed by atoms with van der Waals surface area (Å²) >= 11 is 1.93. The summed E-state index contributed by atoms with van der Waals surface area (Å²) in [5.74, 6) is 0. The highest BCUT2D eigenvalue weighted by Gasteiger charge is 2.20. The minimum atomic E-state index is 0.625. The number of aryl methyl sites for hydroxylation is 1. The highest BCUT2D eigenvalue weighted by Crippen LogP contribution is 2.32. The first-order valence-electron chi connectivity index (χ1n) is 4.63. The maximum absolute atomic E-state index is 3.56. The normalized spacial score (nSPS) is 22.3. The lowest BCUT2D eigenvalue weighted by atomic mass is 9.97. The molecule has 2 rings (SSSR count). The Hall–Kier alpha value is -0.340. The molecule has 0 amide bonds. The van der Waals surface area contributed by atoms with E-state index in [4.69, 9.17) is 0 Å². The van der Waals surface area contributed by atoms with Gasteiger partial charge in [0.2, 0.25) is 0 Å². The Morgan fingerprint density at radius 1 is 1.67 bits per heavy atom. The van der Waals surface area contributed by atoms with Crippen LogP contribution >= 0.6 is 11.3 Å². The van der Waals surface area contributed by atoms with Crippen LogP contribution in [-0.4, -0.2) is 6.54 Å². The van der Waals surface area contributed by atoms with E-state index in [1.807, 2.05) is 11.3 Å². The highest BCUT2D eigenvalue weighted by atomic mass is 32.1. The molecule has 1 aromatic heterocycles. The first-order valence-corrected chi connectivity index (χ1v) is 5.51. The van der Waals surface area contributed by atoms with Crippen molar-refractivity contribution in [1.82, 2.24) is 5.32 Å². The average molecular weight is 181 g/mol. The molecule has 1 N–H and O–H groups in total. The molecule has 0 fully saturated rings. The molecule has 1 atom stereocenters. The van der Waals surface area contributed by atoms with E-state index in [2.05, 4.69) is 24.5 Å². The molecule has 0 spiro atoms. The van der Waals surface area contributed by atoms with Crippen molar-refractivity contribution in [2.45, 2.75) is 32.7 Å². The number of hydrogen-bond donors (Lipinski definition) is 1. The van der Waals surface area contributed by atoms with Gasteiger partial charge in [-0.15, -0.1) is 11.3 Å². The summed E-state index contributed by atoms with van der Waals surface area (Å²) in [5.41, 5.74) is 3.07. The molecule has 0 aromatic carbocycles. The van der Waals surface area contributed by atoms with E-state index in [0.717, 1.165) is 6.54 Å². The van der Waals surface area contributed by atoms with Crippen LogP contribution in [0.15, 0.2) is 5.38 Å². The van der Waals surface area contributed by atoms with Crippen molar-refractivity contribution in [3.63, 3.8) is 0 Å². The molecule has 1 aromatic rings. The van der Waals surface area contributed by atoms with Gasteiger partial charge in [-0.25, -0.2) is 0 Å². The predicted molar refractivity (Wildman–Crippen MR) is 53.8 cm³/mol. The minimum Gasteiger partial charge on any atom is -0.310 e. The van der Waals surface area contributed by atoms with Crippen molar-refractivity contribution in [1.29, 1.82) is 0 Å². The third-order valence-electron chi connectivity index (χ3n) is 2.60. The van der Waals surface area contributed by atoms with Gasteiger partial charge in [0.1, 0.15) is 0 Å². The fraction of sp³-hybridized carbons (Fsp3) is 0.600. The smallest absolute Gasteiger partial charge is 0.0331 e. The Morgan fingerprint density at radius 3 is 3.25 bits per heavy atom. The zero-order valence-corrected chi connectivity index (χ0v) is 8.50. The quantitative estimate of drug-likeness (QED) is 0.702. The number of thiophene rings is 1. The SMILES string of the molecule is CCC1NCCc2scc(C)c21. The molecule has 0 saturated carbocycles. The van der Waals surface area contributed by atoms with Crippen LogP contribution in [0.3, 0.4) is 0 Å². The van der Waals surface area contributed by atoms with Crippen molar-refractivity contribution >= 4 is 11.3 Å². The topological polar surface area (TPSA) is 12.0 Å². The van der Waals surface area contributed by atoms with E-state index >= 15 is 0 Å². The van der Waals surface area contributed by atoms with Crippen LogP contribution in [0.2, 0.25) is 0 Å². The number of hydrogen-bond acceptors (Lipinski definition) is 2. The fourth-order valence-electron chi connectivity index (χ4n) is 1.98. The first kappa shape index (κ1) is 8.27. The molecule has 1 unspecified atom stereocenters. The number of fused-ring (bicyclic) bond motifs is 1. The zero-order valence-electron chi connectivity index (χ0n) is 7.68. The molecule has 0 aliphatic carbocycles. The van der Waals surface area contributed by atoms with Gasteiger partial charge in [-0.05, 0) is 36.3 Å². The van der Waals surface area contributed by atoms with Gasteiger partial charge >= 0.3 is 0 Å². The van der Waals surface area contributed by atoms with E-state index < -0.39 is 0 Å². The molecule has 1 aliphatic rings. The molecule has 2 heteroatoms. The summed E-state index contributed by atoms with van der Waals surface area (Å²) in [6.45, 7) is 5.64. The van der Waals surface area contributed by atoms with Gasteiger partial charge in [-0.2, -0.15) is 0 Å². The fourth-order valence-corrected chi connectivity index (χ4v) is 3.08. The second kappa shape index (κ2) is 3.19. The molecule has 66 valence electrons. The van der Waals surface area contributed by atoms with Gasteiger partial charge in [0.25, 0.3) is 0 Å². The van der Waals surface area contributed by atoms with Gasteiger partial charge in [-0.1, -0.05) is 6.92 Å². The molecule has 0 bridgehead atoms. The number of nitrogens with one attached hydrogen (secondary N) is 1. The molecular formula is C10H15NS. The monoisotopic (exact) mass is 181 g/mol. The van der Waals surface area contributed by atoms with Gasteiger partial charge in [-0.3, -0.25) is 0 Å². The van der Waals surface area contributed by atoms with Crippen LogP contribution in [0.1, 0.15) is 35.4 Å². The molecule has 0 radical (unpaired) electrons. The Kier molecular flexibility index (Phi) is 2.20. The lowest BCUT2D eigenvalue weighted by Gasteiger charge is -2.23. The Morgan fingerprint density at radius 2 is 2.50 bits per heavy atom.